The third kappa shape index (κ3) is 4.51. The maximum absolute atomic E-state index is 11.4. The Morgan fingerprint density at radius 1 is 1.26 bits per heavy atom. The van der Waals surface area contributed by atoms with Gasteiger partial charge in [-0.05, 0) is 43.4 Å². The van der Waals surface area contributed by atoms with Crippen LogP contribution in [0.4, 0.5) is 0 Å². The van der Waals surface area contributed by atoms with Gasteiger partial charge in [-0.1, -0.05) is 12.1 Å². The van der Waals surface area contributed by atoms with E-state index in [1.165, 1.54) is 12.1 Å². The number of amides is 1. The summed E-state index contributed by atoms with van der Waals surface area (Å²) < 4.78 is 22.1. The zero-order valence-electron chi connectivity index (χ0n) is 10.4. The largest absolute Gasteiger partial charge is 0.356 e. The quantitative estimate of drug-likeness (QED) is 0.646. The number of hydrogen-bond acceptors (Lipinski definition) is 3. The highest BCUT2D eigenvalue weighted by atomic mass is 35.7. The molecular weight excluding hydrogens is 286 g/mol. The topological polar surface area (TPSA) is 63.2 Å². The molecule has 19 heavy (non-hydrogen) atoms. The van der Waals surface area contributed by atoms with Crippen LogP contribution in [-0.2, 0) is 20.3 Å². The van der Waals surface area contributed by atoms with E-state index >= 15 is 0 Å². The highest BCUT2D eigenvalue weighted by Crippen LogP contribution is 2.28. The molecule has 1 saturated carbocycles. The van der Waals surface area contributed by atoms with E-state index in [4.69, 9.17) is 10.7 Å². The second-order valence-corrected chi connectivity index (χ2v) is 7.32. The number of hydrogen-bond donors (Lipinski definition) is 1. The molecule has 0 unspecified atom stereocenters. The van der Waals surface area contributed by atoms with Gasteiger partial charge >= 0.3 is 0 Å². The van der Waals surface area contributed by atoms with E-state index in [0.29, 0.717) is 6.54 Å². The molecule has 6 heteroatoms. The van der Waals surface area contributed by atoms with Gasteiger partial charge in [0.05, 0.1) is 4.90 Å². The van der Waals surface area contributed by atoms with E-state index in [1.54, 1.807) is 12.1 Å². The second kappa shape index (κ2) is 5.92. The molecule has 4 nitrogen and oxygen atoms in total. The zero-order valence-corrected chi connectivity index (χ0v) is 12.0. The Hall–Kier alpha value is -1.07. The van der Waals surface area contributed by atoms with Gasteiger partial charge in [0, 0.05) is 23.1 Å². The first-order chi connectivity index (χ1) is 8.97. The van der Waals surface area contributed by atoms with Gasteiger partial charge in [-0.3, -0.25) is 4.79 Å². The average Bonchev–Trinajstić information content (AvgIpc) is 3.18. The summed E-state index contributed by atoms with van der Waals surface area (Å²) in [5.74, 6) is 0.400. The van der Waals surface area contributed by atoms with Crippen LogP contribution in [0.3, 0.4) is 0 Å². The highest BCUT2D eigenvalue weighted by Gasteiger charge is 2.28. The molecule has 1 fully saturated rings. The lowest BCUT2D eigenvalue weighted by Gasteiger charge is -2.05. The Bertz CT molecular complexity index is 550. The number of benzene rings is 1. The summed E-state index contributed by atoms with van der Waals surface area (Å²) in [6.07, 6.45) is 3.67. The molecule has 1 N–H and O–H groups in total. The number of rotatable bonds is 6. The number of halogens is 1. The summed E-state index contributed by atoms with van der Waals surface area (Å²) in [6, 6.07) is 6.50. The Kier molecular flexibility index (Phi) is 4.47. The molecule has 0 aliphatic heterocycles. The van der Waals surface area contributed by atoms with Crippen LogP contribution >= 0.6 is 10.7 Å². The van der Waals surface area contributed by atoms with Crippen LogP contribution in [0.2, 0.25) is 0 Å². The van der Waals surface area contributed by atoms with Crippen LogP contribution in [0.25, 0.3) is 0 Å². The molecule has 1 amide bonds. The minimum absolute atomic E-state index is 0.111. The van der Waals surface area contributed by atoms with Crippen LogP contribution < -0.4 is 5.32 Å². The van der Waals surface area contributed by atoms with Gasteiger partial charge in [0.25, 0.3) is 9.05 Å². The molecule has 1 aromatic rings. The van der Waals surface area contributed by atoms with Crippen molar-refractivity contribution in [3.05, 3.63) is 29.8 Å². The van der Waals surface area contributed by atoms with E-state index in [2.05, 4.69) is 5.32 Å². The molecule has 0 bridgehead atoms. The lowest BCUT2D eigenvalue weighted by Crippen LogP contribution is -2.26. The minimum Gasteiger partial charge on any atom is -0.356 e. The Labute approximate surface area is 117 Å². The van der Waals surface area contributed by atoms with Gasteiger partial charge in [0.2, 0.25) is 5.91 Å². The van der Waals surface area contributed by atoms with Crippen LogP contribution in [0.15, 0.2) is 29.2 Å². The molecule has 0 heterocycles. The van der Waals surface area contributed by atoms with Crippen molar-refractivity contribution in [1.82, 2.24) is 5.32 Å². The molecule has 1 aromatic carbocycles. The molecule has 0 spiro atoms. The molecule has 1 aliphatic rings. The van der Waals surface area contributed by atoms with Crippen molar-refractivity contribution in [2.24, 2.45) is 5.92 Å². The van der Waals surface area contributed by atoms with Crippen molar-refractivity contribution in [1.29, 1.82) is 0 Å². The van der Waals surface area contributed by atoms with Gasteiger partial charge in [0.15, 0.2) is 0 Å². The van der Waals surface area contributed by atoms with Gasteiger partial charge in [-0.2, -0.15) is 0 Å². The van der Waals surface area contributed by atoms with E-state index < -0.39 is 9.05 Å². The summed E-state index contributed by atoms with van der Waals surface area (Å²) in [6.45, 7) is 0.658. The molecule has 0 aromatic heterocycles. The van der Waals surface area contributed by atoms with Gasteiger partial charge in [-0.25, -0.2) is 8.42 Å². The number of carbonyl (C=O) groups excluding carboxylic acids is 1. The molecule has 0 saturated heterocycles. The fourth-order valence-electron chi connectivity index (χ4n) is 1.81. The van der Waals surface area contributed by atoms with Crippen molar-refractivity contribution in [3.63, 3.8) is 0 Å². The summed E-state index contributed by atoms with van der Waals surface area (Å²) in [5.41, 5.74) is 1.03. The Morgan fingerprint density at radius 2 is 1.89 bits per heavy atom. The fourth-order valence-corrected chi connectivity index (χ4v) is 2.58. The van der Waals surface area contributed by atoms with E-state index in [0.717, 1.165) is 31.2 Å². The fraction of sp³-hybridized carbons (Fsp3) is 0.462. The normalized spacial score (nSPS) is 15.2. The lowest BCUT2D eigenvalue weighted by molar-refractivity contribution is -0.122. The van der Waals surface area contributed by atoms with Gasteiger partial charge in [-0.15, -0.1) is 0 Å². The minimum atomic E-state index is -3.64. The van der Waals surface area contributed by atoms with Crippen LogP contribution in [-0.4, -0.2) is 20.9 Å². The zero-order chi connectivity index (χ0) is 13.9. The second-order valence-electron chi connectivity index (χ2n) is 4.75. The van der Waals surface area contributed by atoms with Gasteiger partial charge in [0.1, 0.15) is 0 Å². The number of nitrogens with one attached hydrogen (secondary N) is 1. The van der Waals surface area contributed by atoms with Gasteiger partial charge < -0.3 is 5.32 Å². The van der Waals surface area contributed by atoms with Crippen LogP contribution in [0.1, 0.15) is 24.8 Å². The SMILES string of the molecule is O=C(NCCCc1ccc(S(=O)(=O)Cl)cc1)C1CC1. The molecule has 104 valence electrons. The number of aryl methyl sites for hydroxylation is 1. The molecule has 2 rings (SSSR count). The monoisotopic (exact) mass is 301 g/mol. The first-order valence-electron chi connectivity index (χ1n) is 6.28. The van der Waals surface area contributed by atoms with Crippen molar-refractivity contribution in [2.45, 2.75) is 30.6 Å². The standard InChI is InChI=1S/C13H16ClNO3S/c14-19(17,18)12-7-3-10(4-8-12)2-1-9-15-13(16)11-5-6-11/h3-4,7-8,11H,1-2,5-6,9H2,(H,15,16). The third-order valence-corrected chi connectivity index (χ3v) is 4.46. The third-order valence-electron chi connectivity index (χ3n) is 3.09. The molecule has 0 atom stereocenters. The van der Waals surface area contributed by atoms with E-state index in [1.807, 2.05) is 0 Å². The Balaban J connectivity index is 1.75. The number of carbonyl (C=O) groups is 1. The van der Waals surface area contributed by atoms with Crippen molar-refractivity contribution >= 4 is 25.6 Å². The summed E-state index contributed by atoms with van der Waals surface area (Å²) in [5, 5.41) is 2.89. The highest BCUT2D eigenvalue weighted by molar-refractivity contribution is 8.13. The van der Waals surface area contributed by atoms with E-state index in [9.17, 15) is 13.2 Å². The summed E-state index contributed by atoms with van der Waals surface area (Å²) in [4.78, 5) is 11.5. The van der Waals surface area contributed by atoms with Crippen LogP contribution in [0.5, 0.6) is 0 Å². The smallest absolute Gasteiger partial charge is 0.261 e. The predicted octanol–water partition coefficient (Wildman–Crippen LogP) is 2.07. The lowest BCUT2D eigenvalue weighted by atomic mass is 10.1. The average molecular weight is 302 g/mol. The maximum atomic E-state index is 11.4. The molecule has 0 radical (unpaired) electrons. The van der Waals surface area contributed by atoms with Crippen LogP contribution in [0, 0.1) is 5.92 Å². The molecule has 1 aliphatic carbocycles. The summed E-state index contributed by atoms with van der Waals surface area (Å²) in [7, 11) is 1.59. The van der Waals surface area contributed by atoms with Crippen molar-refractivity contribution in [2.75, 3.05) is 6.54 Å². The summed E-state index contributed by atoms with van der Waals surface area (Å²) >= 11 is 0. The van der Waals surface area contributed by atoms with Crippen molar-refractivity contribution < 1.29 is 13.2 Å². The first-order valence-corrected chi connectivity index (χ1v) is 8.59. The van der Waals surface area contributed by atoms with E-state index in [-0.39, 0.29) is 16.7 Å². The van der Waals surface area contributed by atoms with Crippen molar-refractivity contribution in [3.8, 4) is 0 Å². The maximum Gasteiger partial charge on any atom is 0.261 e. The predicted molar refractivity (Wildman–Crippen MR) is 73.5 cm³/mol. The Morgan fingerprint density at radius 3 is 2.42 bits per heavy atom. The first kappa shape index (κ1) is 14.3. The molecular formula is C13H16ClNO3S.